The third-order valence-electron chi connectivity index (χ3n) is 4.42. The first-order valence-corrected chi connectivity index (χ1v) is 6.55. The smallest absolute Gasteiger partial charge is 0.315 e. The summed E-state index contributed by atoms with van der Waals surface area (Å²) in [5.74, 6) is -0.998. The Morgan fingerprint density at radius 1 is 1.29 bits per heavy atom. The first-order chi connectivity index (χ1) is 8.02. The van der Waals surface area contributed by atoms with Crippen LogP contribution in [0.1, 0.15) is 39.5 Å². The molecule has 0 aromatic carbocycles. The van der Waals surface area contributed by atoms with Gasteiger partial charge in [0.1, 0.15) is 5.92 Å². The van der Waals surface area contributed by atoms with Crippen molar-refractivity contribution in [3.63, 3.8) is 0 Å². The van der Waals surface area contributed by atoms with Crippen molar-refractivity contribution in [2.45, 2.75) is 45.6 Å². The van der Waals surface area contributed by atoms with Gasteiger partial charge in [-0.25, -0.2) is 0 Å². The number of nitrogens with zero attached hydrogens (tertiary/aromatic N) is 1. The number of hydrogen-bond donors (Lipinski definition) is 1. The van der Waals surface area contributed by atoms with Gasteiger partial charge in [-0.15, -0.1) is 0 Å². The molecule has 1 heterocycles. The third-order valence-corrected chi connectivity index (χ3v) is 4.42. The van der Waals surface area contributed by atoms with E-state index in [9.17, 15) is 9.59 Å². The lowest BCUT2D eigenvalue weighted by Gasteiger charge is -2.32. The molecule has 1 saturated heterocycles. The number of fused-ring (bicyclic) bond motifs is 1. The fourth-order valence-corrected chi connectivity index (χ4v) is 3.38. The normalized spacial score (nSPS) is 34.2. The Morgan fingerprint density at radius 2 is 1.94 bits per heavy atom. The molecule has 4 atom stereocenters. The molecule has 4 unspecified atom stereocenters. The summed E-state index contributed by atoms with van der Waals surface area (Å²) >= 11 is 0. The van der Waals surface area contributed by atoms with Crippen molar-refractivity contribution >= 4 is 11.9 Å². The second-order valence-corrected chi connectivity index (χ2v) is 5.54. The van der Waals surface area contributed by atoms with E-state index in [0.717, 1.165) is 13.0 Å². The van der Waals surface area contributed by atoms with E-state index < -0.39 is 11.9 Å². The van der Waals surface area contributed by atoms with Gasteiger partial charge in [0.2, 0.25) is 5.91 Å². The molecule has 0 aromatic rings. The number of carbonyl (C=O) groups is 2. The Bertz CT molecular complexity index is 329. The number of rotatable bonds is 2. The topological polar surface area (TPSA) is 57.6 Å². The van der Waals surface area contributed by atoms with Crippen molar-refractivity contribution in [3.8, 4) is 0 Å². The Kier molecular flexibility index (Phi) is 3.40. The minimum absolute atomic E-state index is 0.196. The minimum Gasteiger partial charge on any atom is -0.481 e. The number of amides is 1. The van der Waals surface area contributed by atoms with Crippen LogP contribution in [0.3, 0.4) is 0 Å². The fraction of sp³-hybridized carbons (Fsp3) is 0.846. The molecule has 2 aliphatic rings. The van der Waals surface area contributed by atoms with Crippen molar-refractivity contribution in [2.24, 2.45) is 17.8 Å². The molecule has 17 heavy (non-hydrogen) atoms. The van der Waals surface area contributed by atoms with Crippen LogP contribution in [0.4, 0.5) is 0 Å². The van der Waals surface area contributed by atoms with Gasteiger partial charge in [0, 0.05) is 12.6 Å². The number of likely N-dealkylation sites (tertiary alicyclic amines) is 1. The second kappa shape index (κ2) is 4.67. The van der Waals surface area contributed by atoms with Gasteiger partial charge in [0.05, 0.1) is 0 Å². The van der Waals surface area contributed by atoms with Crippen LogP contribution >= 0.6 is 0 Å². The van der Waals surface area contributed by atoms with Gasteiger partial charge in [-0.1, -0.05) is 19.8 Å². The standard InChI is InChI=1S/C13H21NO3/c1-8-7-14(12(15)9(2)13(16)17)11-6-4-3-5-10(8)11/h8-11H,3-7H2,1-2H3,(H,16,17). The number of aliphatic carboxylic acids is 1. The number of carbonyl (C=O) groups excluding carboxylic acids is 1. The molecule has 4 nitrogen and oxygen atoms in total. The average molecular weight is 239 g/mol. The van der Waals surface area contributed by atoms with Crippen molar-refractivity contribution < 1.29 is 14.7 Å². The molecule has 1 aliphatic carbocycles. The van der Waals surface area contributed by atoms with Crippen LogP contribution in [-0.2, 0) is 9.59 Å². The van der Waals surface area contributed by atoms with E-state index in [-0.39, 0.29) is 5.91 Å². The molecule has 0 aromatic heterocycles. The number of hydrogen-bond acceptors (Lipinski definition) is 2. The molecule has 0 radical (unpaired) electrons. The second-order valence-electron chi connectivity index (χ2n) is 5.54. The van der Waals surface area contributed by atoms with Crippen LogP contribution in [0.25, 0.3) is 0 Å². The van der Waals surface area contributed by atoms with Crippen molar-refractivity contribution in [2.75, 3.05) is 6.54 Å². The molecular formula is C13H21NO3. The van der Waals surface area contributed by atoms with E-state index in [1.807, 2.05) is 4.90 Å². The minimum atomic E-state index is -1.01. The molecule has 2 fully saturated rings. The van der Waals surface area contributed by atoms with Gasteiger partial charge in [-0.05, 0) is 31.6 Å². The average Bonchev–Trinajstić information content (AvgIpc) is 2.65. The van der Waals surface area contributed by atoms with E-state index in [1.54, 1.807) is 0 Å². The predicted molar refractivity (Wildman–Crippen MR) is 63.4 cm³/mol. The van der Waals surface area contributed by atoms with Crippen LogP contribution in [0.15, 0.2) is 0 Å². The van der Waals surface area contributed by atoms with Crippen LogP contribution in [-0.4, -0.2) is 34.5 Å². The van der Waals surface area contributed by atoms with E-state index in [1.165, 1.54) is 26.2 Å². The first-order valence-electron chi connectivity index (χ1n) is 6.55. The molecule has 0 spiro atoms. The number of carboxylic acid groups (broad SMARTS) is 1. The monoisotopic (exact) mass is 239 g/mol. The van der Waals surface area contributed by atoms with Gasteiger partial charge < -0.3 is 10.0 Å². The Labute approximate surface area is 102 Å². The lowest BCUT2D eigenvalue weighted by molar-refractivity contribution is -0.151. The molecule has 1 saturated carbocycles. The summed E-state index contributed by atoms with van der Waals surface area (Å²) in [6.07, 6.45) is 4.66. The first kappa shape index (κ1) is 12.4. The molecule has 1 amide bonds. The van der Waals surface area contributed by atoms with Gasteiger partial charge in [-0.3, -0.25) is 9.59 Å². The van der Waals surface area contributed by atoms with Crippen molar-refractivity contribution in [1.82, 2.24) is 4.90 Å². The maximum Gasteiger partial charge on any atom is 0.315 e. The van der Waals surface area contributed by atoms with Crippen LogP contribution < -0.4 is 0 Å². The zero-order chi connectivity index (χ0) is 12.6. The summed E-state index contributed by atoms with van der Waals surface area (Å²) in [5.41, 5.74) is 0. The predicted octanol–water partition coefficient (Wildman–Crippen LogP) is 1.74. The van der Waals surface area contributed by atoms with E-state index in [4.69, 9.17) is 5.11 Å². The summed E-state index contributed by atoms with van der Waals surface area (Å²) in [7, 11) is 0. The van der Waals surface area contributed by atoms with Gasteiger partial charge in [-0.2, -0.15) is 0 Å². The highest BCUT2D eigenvalue weighted by Crippen LogP contribution is 2.40. The van der Waals surface area contributed by atoms with Crippen molar-refractivity contribution in [1.29, 1.82) is 0 Å². The summed E-state index contributed by atoms with van der Waals surface area (Å²) in [6.45, 7) is 4.42. The Morgan fingerprint density at radius 3 is 2.59 bits per heavy atom. The molecule has 4 heteroatoms. The third kappa shape index (κ3) is 2.17. The highest BCUT2D eigenvalue weighted by molar-refractivity contribution is 5.96. The zero-order valence-electron chi connectivity index (χ0n) is 10.6. The zero-order valence-corrected chi connectivity index (χ0v) is 10.6. The fourth-order valence-electron chi connectivity index (χ4n) is 3.38. The van der Waals surface area contributed by atoms with Crippen LogP contribution in [0.5, 0.6) is 0 Å². The number of carboxylic acids is 1. The lowest BCUT2D eigenvalue weighted by Crippen LogP contribution is -2.43. The molecule has 1 aliphatic heterocycles. The molecular weight excluding hydrogens is 218 g/mol. The molecule has 2 rings (SSSR count). The van der Waals surface area contributed by atoms with E-state index in [2.05, 4.69) is 6.92 Å². The van der Waals surface area contributed by atoms with Gasteiger partial charge in [0.15, 0.2) is 0 Å². The van der Waals surface area contributed by atoms with Gasteiger partial charge in [0.25, 0.3) is 0 Å². The molecule has 96 valence electrons. The van der Waals surface area contributed by atoms with Crippen LogP contribution in [0.2, 0.25) is 0 Å². The quantitative estimate of drug-likeness (QED) is 0.747. The summed E-state index contributed by atoms with van der Waals surface area (Å²) in [4.78, 5) is 24.9. The van der Waals surface area contributed by atoms with Gasteiger partial charge >= 0.3 is 5.97 Å². The van der Waals surface area contributed by atoms with E-state index >= 15 is 0 Å². The maximum atomic E-state index is 12.1. The summed E-state index contributed by atoms with van der Waals surface area (Å²) in [5, 5.41) is 8.93. The molecule has 0 bridgehead atoms. The molecule has 1 N–H and O–H groups in total. The Balaban J connectivity index is 2.11. The Hall–Kier alpha value is -1.06. The highest BCUT2D eigenvalue weighted by atomic mass is 16.4. The van der Waals surface area contributed by atoms with Crippen LogP contribution in [0, 0.1) is 17.8 Å². The lowest BCUT2D eigenvalue weighted by atomic mass is 9.80. The summed E-state index contributed by atoms with van der Waals surface area (Å²) in [6, 6.07) is 0.299. The summed E-state index contributed by atoms with van der Waals surface area (Å²) < 4.78 is 0. The highest BCUT2D eigenvalue weighted by Gasteiger charge is 2.44. The maximum absolute atomic E-state index is 12.1. The van der Waals surface area contributed by atoms with Crippen molar-refractivity contribution in [3.05, 3.63) is 0 Å². The SMILES string of the molecule is CC(C(=O)O)C(=O)N1CC(C)C2CCCCC21. The largest absolute Gasteiger partial charge is 0.481 e. The van der Waals surface area contributed by atoms with E-state index in [0.29, 0.717) is 17.9 Å².